The first-order valence-electron chi connectivity index (χ1n) is 8.40. The lowest BCUT2D eigenvalue weighted by molar-refractivity contribution is 0.0735. The van der Waals surface area contributed by atoms with Crippen molar-refractivity contribution in [3.63, 3.8) is 0 Å². The molecule has 2 aromatic carbocycles. The summed E-state index contributed by atoms with van der Waals surface area (Å²) < 4.78 is 15.9. The number of carbonyl (C=O) groups is 1. The van der Waals surface area contributed by atoms with Crippen molar-refractivity contribution in [1.82, 2.24) is 4.98 Å². The van der Waals surface area contributed by atoms with Gasteiger partial charge in [0.25, 0.3) is 0 Å². The van der Waals surface area contributed by atoms with Crippen LogP contribution in [0.3, 0.4) is 0 Å². The number of methoxy groups -OCH3 is 1. The zero-order chi connectivity index (χ0) is 19.7. The normalized spacial score (nSPS) is 10.8. The molecule has 0 spiro atoms. The molecule has 140 valence electrons. The smallest absolute Gasteiger partial charge is 0.346 e. The molecule has 4 aromatic rings. The summed E-state index contributed by atoms with van der Waals surface area (Å²) >= 11 is 1.39. The zero-order valence-electron chi connectivity index (χ0n) is 15.1. The van der Waals surface area contributed by atoms with Crippen molar-refractivity contribution in [1.29, 1.82) is 0 Å². The standard InChI is InChI=1S/C21H15NO5S/c1-12-11-28-19(22-12)17-9-14-5-8-16(10-18(14)27-21(17)24)26-20(23)13-3-6-15(25-2)7-4-13/h3-11H,1-2H3. The minimum atomic E-state index is -0.515. The van der Waals surface area contributed by atoms with Gasteiger partial charge in [-0.25, -0.2) is 14.6 Å². The predicted molar refractivity (Wildman–Crippen MR) is 106 cm³/mol. The van der Waals surface area contributed by atoms with E-state index in [0.717, 1.165) is 5.69 Å². The number of fused-ring (bicyclic) bond motifs is 1. The van der Waals surface area contributed by atoms with Crippen molar-refractivity contribution in [2.45, 2.75) is 6.92 Å². The van der Waals surface area contributed by atoms with Crippen LogP contribution in [0.25, 0.3) is 21.5 Å². The van der Waals surface area contributed by atoms with Crippen LogP contribution < -0.4 is 15.1 Å². The largest absolute Gasteiger partial charge is 0.497 e. The summed E-state index contributed by atoms with van der Waals surface area (Å²) in [4.78, 5) is 29.0. The van der Waals surface area contributed by atoms with Crippen molar-refractivity contribution >= 4 is 28.3 Å². The number of rotatable bonds is 4. The van der Waals surface area contributed by atoms with Gasteiger partial charge in [-0.2, -0.15) is 0 Å². The second kappa shape index (κ2) is 7.28. The Bertz CT molecular complexity index is 1220. The van der Waals surface area contributed by atoms with Crippen LogP contribution in [0.1, 0.15) is 16.1 Å². The second-order valence-electron chi connectivity index (χ2n) is 6.06. The summed E-state index contributed by atoms with van der Waals surface area (Å²) in [6.07, 6.45) is 0. The highest BCUT2D eigenvalue weighted by atomic mass is 32.1. The molecule has 0 amide bonds. The molecule has 4 rings (SSSR count). The summed E-state index contributed by atoms with van der Waals surface area (Å²) in [5, 5.41) is 3.20. The Balaban J connectivity index is 1.62. The molecule has 0 aliphatic heterocycles. The van der Waals surface area contributed by atoms with Gasteiger partial charge in [-0.3, -0.25) is 0 Å². The van der Waals surface area contributed by atoms with Gasteiger partial charge >= 0.3 is 11.6 Å². The average Bonchev–Trinajstić information content (AvgIpc) is 3.13. The van der Waals surface area contributed by atoms with Crippen molar-refractivity contribution in [2.75, 3.05) is 7.11 Å². The monoisotopic (exact) mass is 393 g/mol. The van der Waals surface area contributed by atoms with E-state index in [1.54, 1.807) is 49.6 Å². The third-order valence-corrected chi connectivity index (χ3v) is 5.09. The van der Waals surface area contributed by atoms with Gasteiger partial charge < -0.3 is 13.9 Å². The molecule has 28 heavy (non-hydrogen) atoms. The molecule has 0 unspecified atom stereocenters. The minimum Gasteiger partial charge on any atom is -0.497 e. The lowest BCUT2D eigenvalue weighted by Crippen LogP contribution is -2.08. The van der Waals surface area contributed by atoms with E-state index < -0.39 is 11.6 Å². The minimum absolute atomic E-state index is 0.286. The van der Waals surface area contributed by atoms with Gasteiger partial charge in [0.2, 0.25) is 0 Å². The van der Waals surface area contributed by atoms with Crippen molar-refractivity contribution in [2.24, 2.45) is 0 Å². The number of thiazole rings is 1. The Hall–Kier alpha value is -3.45. The van der Waals surface area contributed by atoms with Gasteiger partial charge in [-0.15, -0.1) is 11.3 Å². The van der Waals surface area contributed by atoms with Gasteiger partial charge in [-0.05, 0) is 49.4 Å². The zero-order valence-corrected chi connectivity index (χ0v) is 15.9. The van der Waals surface area contributed by atoms with Crippen LogP contribution in [0.5, 0.6) is 11.5 Å². The molecule has 7 heteroatoms. The van der Waals surface area contributed by atoms with E-state index in [4.69, 9.17) is 13.9 Å². The number of nitrogens with zero attached hydrogens (tertiary/aromatic N) is 1. The van der Waals surface area contributed by atoms with E-state index >= 15 is 0 Å². The van der Waals surface area contributed by atoms with Gasteiger partial charge in [0.05, 0.1) is 18.2 Å². The molecule has 0 atom stereocenters. The van der Waals surface area contributed by atoms with Gasteiger partial charge in [-0.1, -0.05) is 0 Å². The molecule has 0 aliphatic rings. The van der Waals surface area contributed by atoms with E-state index in [1.807, 2.05) is 12.3 Å². The molecule has 2 aromatic heterocycles. The fraction of sp³-hybridized carbons (Fsp3) is 0.0952. The maximum absolute atomic E-state index is 12.3. The summed E-state index contributed by atoms with van der Waals surface area (Å²) in [6.45, 7) is 1.87. The van der Waals surface area contributed by atoms with Gasteiger partial charge in [0.1, 0.15) is 22.1 Å². The molecule has 0 N–H and O–H groups in total. The summed E-state index contributed by atoms with van der Waals surface area (Å²) in [5.41, 5.74) is 1.49. The number of aryl methyl sites for hydroxylation is 1. The van der Waals surface area contributed by atoms with Gasteiger partial charge in [0.15, 0.2) is 0 Å². The first-order valence-corrected chi connectivity index (χ1v) is 9.28. The van der Waals surface area contributed by atoms with Crippen LogP contribution in [0.2, 0.25) is 0 Å². The van der Waals surface area contributed by atoms with Crippen molar-refractivity contribution in [3.8, 4) is 22.1 Å². The lowest BCUT2D eigenvalue weighted by atomic mass is 10.2. The number of ether oxygens (including phenoxy) is 2. The van der Waals surface area contributed by atoms with Crippen LogP contribution in [0.4, 0.5) is 0 Å². The van der Waals surface area contributed by atoms with Crippen LogP contribution >= 0.6 is 11.3 Å². The molecule has 0 radical (unpaired) electrons. The number of carbonyl (C=O) groups excluding carboxylic acids is 1. The molecule has 2 heterocycles. The third kappa shape index (κ3) is 3.52. The molecule has 0 saturated heterocycles. The van der Waals surface area contributed by atoms with Gasteiger partial charge in [0, 0.05) is 22.5 Å². The van der Waals surface area contributed by atoms with E-state index in [2.05, 4.69) is 4.98 Å². The fourth-order valence-electron chi connectivity index (χ4n) is 2.67. The summed E-state index contributed by atoms with van der Waals surface area (Å²) in [5.74, 6) is 0.420. The molecule has 6 nitrogen and oxygen atoms in total. The van der Waals surface area contributed by atoms with Crippen LogP contribution in [-0.2, 0) is 0 Å². The SMILES string of the molecule is COc1ccc(C(=O)Oc2ccc3cc(-c4nc(C)cs4)c(=O)oc3c2)cc1. The molecule has 0 saturated carbocycles. The van der Waals surface area contributed by atoms with E-state index in [0.29, 0.717) is 32.9 Å². The van der Waals surface area contributed by atoms with E-state index in [-0.39, 0.29) is 5.75 Å². The highest BCUT2D eigenvalue weighted by Crippen LogP contribution is 2.26. The molecule has 0 aliphatic carbocycles. The molecule has 0 bridgehead atoms. The molecular weight excluding hydrogens is 378 g/mol. The average molecular weight is 393 g/mol. The maximum atomic E-state index is 12.3. The predicted octanol–water partition coefficient (Wildman–Crippen LogP) is 4.45. The Morgan fingerprint density at radius 3 is 2.50 bits per heavy atom. The van der Waals surface area contributed by atoms with E-state index in [1.165, 1.54) is 17.4 Å². The van der Waals surface area contributed by atoms with Crippen LogP contribution in [0, 0.1) is 6.92 Å². The fourth-order valence-corrected chi connectivity index (χ4v) is 3.48. The Morgan fingerprint density at radius 2 is 1.82 bits per heavy atom. The topological polar surface area (TPSA) is 78.6 Å². The highest BCUT2D eigenvalue weighted by Gasteiger charge is 2.13. The summed E-state index contributed by atoms with van der Waals surface area (Å²) in [7, 11) is 1.55. The van der Waals surface area contributed by atoms with Crippen molar-refractivity contribution < 1.29 is 18.7 Å². The number of aromatic nitrogens is 1. The number of hydrogen-bond acceptors (Lipinski definition) is 7. The van der Waals surface area contributed by atoms with Crippen LogP contribution in [-0.4, -0.2) is 18.1 Å². The summed E-state index contributed by atoms with van der Waals surface area (Å²) in [6, 6.07) is 13.2. The number of hydrogen-bond donors (Lipinski definition) is 0. The first-order chi connectivity index (χ1) is 13.5. The highest BCUT2D eigenvalue weighted by molar-refractivity contribution is 7.13. The Morgan fingerprint density at radius 1 is 1.07 bits per heavy atom. The second-order valence-corrected chi connectivity index (χ2v) is 6.92. The van der Waals surface area contributed by atoms with Crippen LogP contribution in [0.15, 0.2) is 63.1 Å². The molecule has 0 fully saturated rings. The number of benzene rings is 2. The van der Waals surface area contributed by atoms with E-state index in [9.17, 15) is 9.59 Å². The first kappa shape index (κ1) is 17.9. The number of esters is 1. The Kier molecular flexibility index (Phi) is 4.67. The Labute approximate surface area is 164 Å². The molecular formula is C21H15NO5S. The lowest BCUT2D eigenvalue weighted by Gasteiger charge is -2.06. The maximum Gasteiger partial charge on any atom is 0.346 e. The third-order valence-electron chi connectivity index (χ3n) is 4.09. The van der Waals surface area contributed by atoms with Crippen molar-refractivity contribution in [3.05, 3.63) is 75.6 Å². The quantitative estimate of drug-likeness (QED) is 0.289.